The smallest absolute Gasteiger partial charge is 0.224 e. The van der Waals surface area contributed by atoms with Gasteiger partial charge in [0.25, 0.3) is 0 Å². The van der Waals surface area contributed by atoms with Gasteiger partial charge < -0.3 is 15.0 Å². The fourth-order valence-corrected chi connectivity index (χ4v) is 3.92. The third-order valence-corrected chi connectivity index (χ3v) is 5.28. The first-order valence-electron chi connectivity index (χ1n) is 8.99. The van der Waals surface area contributed by atoms with Gasteiger partial charge in [-0.15, -0.1) is 11.3 Å². The van der Waals surface area contributed by atoms with Crippen LogP contribution < -0.4 is 10.2 Å². The van der Waals surface area contributed by atoms with Crippen molar-refractivity contribution in [1.82, 2.24) is 0 Å². The van der Waals surface area contributed by atoms with Crippen LogP contribution in [0.4, 0.5) is 15.8 Å². The van der Waals surface area contributed by atoms with E-state index in [1.165, 1.54) is 17.4 Å². The maximum atomic E-state index is 14.6. The number of Topliss-reactive ketones (excluding diaryl/α,β-unsaturated/α-hetero) is 1. The van der Waals surface area contributed by atoms with Gasteiger partial charge in [0.2, 0.25) is 5.91 Å². The molecule has 2 aromatic rings. The standard InChI is InChI=1S/C20H23FN2O3S/c1-13-11-23(12-14(2)26-13)17-6-5-15(10-16(17)21)22-20(25)8-7-18(24)19-4-3-9-27-19/h3-6,9-10,13-14H,7-8,11-12H2,1-2H3,(H,22,25)/t13-,14+. The predicted octanol–water partition coefficient (Wildman–Crippen LogP) is 4.10. The van der Waals surface area contributed by atoms with Gasteiger partial charge in [-0.05, 0) is 43.5 Å². The van der Waals surface area contributed by atoms with E-state index in [1.54, 1.807) is 24.3 Å². The van der Waals surface area contributed by atoms with Crippen LogP contribution in [0.5, 0.6) is 0 Å². The highest BCUT2D eigenvalue weighted by atomic mass is 32.1. The van der Waals surface area contributed by atoms with Gasteiger partial charge in [0, 0.05) is 31.6 Å². The monoisotopic (exact) mass is 390 g/mol. The number of carbonyl (C=O) groups excluding carboxylic acids is 2. The lowest BCUT2D eigenvalue weighted by Crippen LogP contribution is -2.45. The summed E-state index contributed by atoms with van der Waals surface area (Å²) in [5.41, 5.74) is 0.891. The number of nitrogens with one attached hydrogen (secondary N) is 1. The molecule has 1 saturated heterocycles. The number of ether oxygens (including phenoxy) is 1. The van der Waals surface area contributed by atoms with Crippen molar-refractivity contribution in [2.45, 2.75) is 38.9 Å². The Labute approximate surface area is 162 Å². The fourth-order valence-electron chi connectivity index (χ4n) is 3.23. The van der Waals surface area contributed by atoms with Crippen LogP contribution in [-0.4, -0.2) is 37.0 Å². The van der Waals surface area contributed by atoms with E-state index >= 15 is 0 Å². The number of thiophene rings is 1. The van der Waals surface area contributed by atoms with Crippen molar-refractivity contribution < 1.29 is 18.7 Å². The third kappa shape index (κ3) is 5.14. The number of hydrogen-bond donors (Lipinski definition) is 1. The Morgan fingerprint density at radius 2 is 1.96 bits per heavy atom. The number of anilines is 2. The molecule has 0 bridgehead atoms. The first kappa shape index (κ1) is 19.5. The van der Waals surface area contributed by atoms with Crippen LogP contribution >= 0.6 is 11.3 Å². The normalized spacial score (nSPS) is 19.7. The molecule has 1 amide bonds. The quantitative estimate of drug-likeness (QED) is 0.755. The van der Waals surface area contributed by atoms with Crippen molar-refractivity contribution in [1.29, 1.82) is 0 Å². The van der Waals surface area contributed by atoms with E-state index in [1.807, 2.05) is 24.1 Å². The molecule has 144 valence electrons. The second kappa shape index (κ2) is 8.63. The van der Waals surface area contributed by atoms with Gasteiger partial charge in [-0.25, -0.2) is 4.39 Å². The summed E-state index contributed by atoms with van der Waals surface area (Å²) in [6.07, 6.45) is 0.275. The zero-order valence-electron chi connectivity index (χ0n) is 15.4. The van der Waals surface area contributed by atoms with Gasteiger partial charge in [0.15, 0.2) is 5.78 Å². The van der Waals surface area contributed by atoms with Crippen molar-refractivity contribution in [2.75, 3.05) is 23.3 Å². The summed E-state index contributed by atoms with van der Waals surface area (Å²) < 4.78 is 20.2. The molecule has 1 aliphatic heterocycles. The number of carbonyl (C=O) groups is 2. The number of halogens is 1. The minimum atomic E-state index is -0.385. The van der Waals surface area contributed by atoms with Crippen molar-refractivity contribution in [2.24, 2.45) is 0 Å². The zero-order chi connectivity index (χ0) is 19.4. The maximum Gasteiger partial charge on any atom is 0.224 e. The van der Waals surface area contributed by atoms with E-state index in [-0.39, 0.29) is 42.6 Å². The van der Waals surface area contributed by atoms with Crippen LogP contribution in [0.3, 0.4) is 0 Å². The molecule has 7 heteroatoms. The fraction of sp³-hybridized carbons (Fsp3) is 0.400. The van der Waals surface area contributed by atoms with Crippen LogP contribution in [0, 0.1) is 5.82 Å². The Balaban J connectivity index is 1.57. The minimum absolute atomic E-state index is 0.0356. The first-order chi connectivity index (χ1) is 12.9. The summed E-state index contributed by atoms with van der Waals surface area (Å²) in [5, 5.41) is 4.49. The summed E-state index contributed by atoms with van der Waals surface area (Å²) in [4.78, 5) is 26.6. The molecule has 0 spiro atoms. The van der Waals surface area contributed by atoms with Crippen LogP contribution in [0.25, 0.3) is 0 Å². The molecule has 5 nitrogen and oxygen atoms in total. The topological polar surface area (TPSA) is 58.6 Å². The lowest BCUT2D eigenvalue weighted by molar-refractivity contribution is -0.116. The number of morpholine rings is 1. The molecule has 3 rings (SSSR count). The molecular weight excluding hydrogens is 367 g/mol. The number of ketones is 1. The molecular formula is C20H23FN2O3S. The average molecular weight is 390 g/mol. The molecule has 1 fully saturated rings. The van der Waals surface area contributed by atoms with Gasteiger partial charge in [-0.3, -0.25) is 9.59 Å². The van der Waals surface area contributed by atoms with Crippen molar-refractivity contribution >= 4 is 34.4 Å². The van der Waals surface area contributed by atoms with Gasteiger partial charge in [-0.1, -0.05) is 6.07 Å². The van der Waals surface area contributed by atoms with E-state index < -0.39 is 0 Å². The number of rotatable bonds is 6. The predicted molar refractivity (Wildman–Crippen MR) is 105 cm³/mol. The largest absolute Gasteiger partial charge is 0.372 e. The molecule has 0 saturated carbocycles. The Morgan fingerprint density at radius 3 is 2.59 bits per heavy atom. The molecule has 1 N–H and O–H groups in total. The van der Waals surface area contributed by atoms with Crippen molar-refractivity contribution in [3.63, 3.8) is 0 Å². The maximum absolute atomic E-state index is 14.6. The molecule has 1 aromatic carbocycles. The summed E-state index contributed by atoms with van der Waals surface area (Å²) in [5.74, 6) is -0.748. The Kier molecular flexibility index (Phi) is 6.23. The van der Waals surface area contributed by atoms with Crippen molar-refractivity contribution in [3.8, 4) is 0 Å². The molecule has 0 unspecified atom stereocenters. The number of nitrogens with zero attached hydrogens (tertiary/aromatic N) is 1. The second-order valence-electron chi connectivity index (χ2n) is 6.78. The number of hydrogen-bond acceptors (Lipinski definition) is 5. The average Bonchev–Trinajstić information content (AvgIpc) is 3.13. The summed E-state index contributed by atoms with van der Waals surface area (Å²) in [6, 6.07) is 8.22. The van der Waals surface area contributed by atoms with E-state index in [9.17, 15) is 14.0 Å². The Bertz CT molecular complexity index is 800. The molecule has 27 heavy (non-hydrogen) atoms. The molecule has 2 heterocycles. The Morgan fingerprint density at radius 1 is 1.22 bits per heavy atom. The number of benzene rings is 1. The molecule has 1 aliphatic rings. The zero-order valence-corrected chi connectivity index (χ0v) is 16.2. The SMILES string of the molecule is C[C@@H]1CN(c2ccc(NC(=O)CCC(=O)c3cccs3)cc2F)C[C@H](C)O1. The van der Waals surface area contributed by atoms with Gasteiger partial charge in [-0.2, -0.15) is 0 Å². The van der Waals surface area contributed by atoms with Gasteiger partial charge >= 0.3 is 0 Å². The van der Waals surface area contributed by atoms with Crippen LogP contribution in [0.15, 0.2) is 35.7 Å². The lowest BCUT2D eigenvalue weighted by atomic mass is 10.1. The summed E-state index contributed by atoms with van der Waals surface area (Å²) in [6.45, 7) is 5.18. The van der Waals surface area contributed by atoms with E-state index in [0.717, 1.165) is 0 Å². The van der Waals surface area contributed by atoms with E-state index in [4.69, 9.17) is 4.74 Å². The number of amides is 1. The Hall–Kier alpha value is -2.25. The summed E-state index contributed by atoms with van der Waals surface area (Å²) >= 11 is 1.36. The molecule has 0 aliphatic carbocycles. The van der Waals surface area contributed by atoms with Gasteiger partial charge in [0.05, 0.1) is 22.8 Å². The lowest BCUT2D eigenvalue weighted by Gasteiger charge is -2.37. The van der Waals surface area contributed by atoms with Crippen molar-refractivity contribution in [3.05, 3.63) is 46.4 Å². The summed E-state index contributed by atoms with van der Waals surface area (Å²) in [7, 11) is 0. The van der Waals surface area contributed by atoms with Crippen LogP contribution in [0.2, 0.25) is 0 Å². The van der Waals surface area contributed by atoms with E-state index in [2.05, 4.69) is 5.32 Å². The third-order valence-electron chi connectivity index (χ3n) is 4.37. The molecule has 1 aromatic heterocycles. The van der Waals surface area contributed by atoms with Gasteiger partial charge in [0.1, 0.15) is 5.82 Å². The van der Waals surface area contributed by atoms with Crippen LogP contribution in [-0.2, 0) is 9.53 Å². The highest BCUT2D eigenvalue weighted by Crippen LogP contribution is 2.26. The molecule has 0 radical (unpaired) electrons. The highest BCUT2D eigenvalue weighted by Gasteiger charge is 2.24. The van der Waals surface area contributed by atoms with E-state index in [0.29, 0.717) is 29.3 Å². The van der Waals surface area contributed by atoms with Crippen LogP contribution in [0.1, 0.15) is 36.4 Å². The molecule has 2 atom stereocenters. The minimum Gasteiger partial charge on any atom is -0.372 e. The second-order valence-corrected chi connectivity index (χ2v) is 7.72. The highest BCUT2D eigenvalue weighted by molar-refractivity contribution is 7.12. The first-order valence-corrected chi connectivity index (χ1v) is 9.87.